The van der Waals surface area contributed by atoms with Gasteiger partial charge in [0.05, 0.1) is 82.9 Å². The number of fused-ring (bicyclic) bond motifs is 2. The van der Waals surface area contributed by atoms with Gasteiger partial charge in [-0.15, -0.1) is 22.7 Å². The van der Waals surface area contributed by atoms with E-state index in [1.165, 1.54) is 24.8 Å². The first kappa shape index (κ1) is 67.1. The molecule has 0 aliphatic carbocycles. The number of hydrogen-bond acceptors (Lipinski definition) is 28. The topological polar surface area (TPSA) is 314 Å². The quantitative estimate of drug-likeness (QED) is 0.0428. The van der Waals surface area contributed by atoms with Crippen molar-refractivity contribution >= 4 is 104 Å². The van der Waals surface area contributed by atoms with E-state index in [1.54, 1.807) is 72.5 Å². The first-order valence-electron chi connectivity index (χ1n) is 31.6. The lowest BCUT2D eigenvalue weighted by atomic mass is 9.79. The van der Waals surface area contributed by atoms with E-state index < -0.39 is 37.3 Å². The Bertz CT molecular complexity index is 4410. The van der Waals surface area contributed by atoms with E-state index >= 15 is 0 Å². The molecule has 2 aromatic carbocycles. The van der Waals surface area contributed by atoms with Gasteiger partial charge in [0.1, 0.15) is 12.7 Å². The van der Waals surface area contributed by atoms with Crippen LogP contribution >= 0.6 is 22.7 Å². The second-order valence-corrected chi connectivity index (χ2v) is 26.3. The number of amides is 2. The van der Waals surface area contributed by atoms with Crippen LogP contribution in [0.25, 0.3) is 43.2 Å². The standard InChI is InChI=1S/C66H70B2N16O12S2/c1-65(2)66(3,4)96-68(95-65)49-16-10-41(11-17-49)36-94-80-62(86)45-30-73-64(74-31-45)82(6)33-47-39-98-56-54(47)76-58(42-12-18-51(89-7)69-26-42)78-60(56)84-22-25-91-50(34-84)37-92-52-19-13-43(27-70-52)57-75-53-46(38-97-55(53)59(77-57)83-20-23-90-24-21-83)32-81(5)63-71-28-44(29-72-63)61(85)79-93-35-40-8-14-48(15-9-40)67(87)88/h8-19,26-31,38-39,50,87-88H,20-25,32-37H2,1-7H3,(H,79,85)(H,80,86). The van der Waals surface area contributed by atoms with Crippen molar-refractivity contribution in [1.29, 1.82) is 0 Å². The number of hydroxylamine groups is 2. The lowest BCUT2D eigenvalue weighted by molar-refractivity contribution is 0.00578. The lowest BCUT2D eigenvalue weighted by Crippen LogP contribution is -2.45. The number of methoxy groups -OCH3 is 1. The minimum Gasteiger partial charge on any atom is -0.481 e. The van der Waals surface area contributed by atoms with Gasteiger partial charge in [-0.25, -0.2) is 60.8 Å². The molecule has 0 saturated carbocycles. The largest absolute Gasteiger partial charge is 0.494 e. The number of aromatic nitrogens is 10. The van der Waals surface area contributed by atoms with Gasteiger partial charge in [0.15, 0.2) is 23.3 Å². The summed E-state index contributed by atoms with van der Waals surface area (Å²) in [4.78, 5) is 93.1. The predicted octanol–water partition coefficient (Wildman–Crippen LogP) is 5.50. The highest BCUT2D eigenvalue weighted by Gasteiger charge is 2.51. The molecular formula is C66H70B2N16O12S2. The molecule has 11 heterocycles. The number of morpholine rings is 2. The summed E-state index contributed by atoms with van der Waals surface area (Å²) in [7, 11) is 3.27. The van der Waals surface area contributed by atoms with Crippen molar-refractivity contribution in [3.8, 4) is 34.5 Å². The highest BCUT2D eigenvalue weighted by atomic mass is 32.1. The van der Waals surface area contributed by atoms with E-state index in [0.717, 1.165) is 59.8 Å². The molecule has 13 rings (SSSR count). The number of hydrogen-bond donors (Lipinski definition) is 4. The van der Waals surface area contributed by atoms with Gasteiger partial charge in [-0.3, -0.25) is 19.3 Å². The Morgan fingerprint density at radius 3 is 1.61 bits per heavy atom. The van der Waals surface area contributed by atoms with E-state index in [1.807, 2.05) is 94.1 Å². The van der Waals surface area contributed by atoms with Crippen LogP contribution in [0.1, 0.15) is 70.7 Å². The third-order valence-corrected chi connectivity index (χ3v) is 19.2. The SMILES string of the molecule is COc1ccc(-c2nc(N3CCOC(COc4ccc(-c5nc(N6CCOCC6)c6scc(CN(C)c7ncc(C(=O)NOCc8ccc(B(O)O)cc8)cn7)c6n5)cn4)C3)c3scc(CN(C)c4ncc(C(=O)NOCc5ccc(B6OC(C)(C)C(C)(C)O6)cc5)cn4)c3n2)cn1. The Hall–Kier alpha value is -9.47. The molecular weight excluding hydrogens is 1290 g/mol. The molecule has 3 aliphatic rings. The second kappa shape index (κ2) is 29.3. The van der Waals surface area contributed by atoms with Gasteiger partial charge in [0.2, 0.25) is 23.7 Å². The maximum atomic E-state index is 13.1. The first-order chi connectivity index (χ1) is 47.4. The molecule has 0 radical (unpaired) electrons. The number of carbonyl (C=O) groups excluding carboxylic acids is 2. The van der Waals surface area contributed by atoms with Gasteiger partial charge < -0.3 is 57.9 Å². The zero-order chi connectivity index (χ0) is 68.1. The summed E-state index contributed by atoms with van der Waals surface area (Å²) < 4.78 is 38.0. The number of anilines is 4. The molecule has 2 amide bonds. The number of carbonyl (C=O) groups is 2. The van der Waals surface area contributed by atoms with E-state index in [2.05, 4.69) is 56.4 Å². The number of ether oxygens (including phenoxy) is 4. The molecule has 1 unspecified atom stereocenters. The van der Waals surface area contributed by atoms with Crippen molar-refractivity contribution in [2.75, 3.05) is 93.4 Å². The van der Waals surface area contributed by atoms with Crippen LogP contribution in [0.3, 0.4) is 0 Å². The summed E-state index contributed by atoms with van der Waals surface area (Å²) in [6.07, 6.45) is 8.86. The maximum Gasteiger partial charge on any atom is 0.494 e. The molecule has 98 heavy (non-hydrogen) atoms. The van der Waals surface area contributed by atoms with Crippen LogP contribution in [-0.4, -0.2) is 177 Å². The fourth-order valence-electron chi connectivity index (χ4n) is 11.0. The Balaban J connectivity index is 0.647. The van der Waals surface area contributed by atoms with Crippen molar-refractivity contribution in [3.63, 3.8) is 0 Å². The fraction of sp³-hybridized carbons (Fsp3) is 0.333. The summed E-state index contributed by atoms with van der Waals surface area (Å²) in [6.45, 7) is 13.2. The van der Waals surface area contributed by atoms with Crippen molar-refractivity contribution < 1.29 is 57.6 Å². The molecule has 504 valence electrons. The number of nitrogens with one attached hydrogen (secondary N) is 2. The van der Waals surface area contributed by atoms with Crippen molar-refractivity contribution in [1.82, 2.24) is 60.8 Å². The predicted molar refractivity (Wildman–Crippen MR) is 370 cm³/mol. The molecule has 8 aromatic heterocycles. The molecule has 3 aliphatic heterocycles. The smallest absolute Gasteiger partial charge is 0.481 e. The zero-order valence-corrected chi connectivity index (χ0v) is 56.5. The van der Waals surface area contributed by atoms with Crippen LogP contribution < -0.4 is 51.0 Å². The van der Waals surface area contributed by atoms with Crippen LogP contribution in [0, 0.1) is 0 Å². The van der Waals surface area contributed by atoms with Gasteiger partial charge in [0.25, 0.3) is 11.8 Å². The van der Waals surface area contributed by atoms with Crippen LogP contribution in [0.4, 0.5) is 23.5 Å². The third-order valence-electron chi connectivity index (χ3n) is 17.2. The Kier molecular flexibility index (Phi) is 20.1. The van der Waals surface area contributed by atoms with Gasteiger partial charge in [0, 0.05) is 125 Å². The first-order valence-corrected chi connectivity index (χ1v) is 33.3. The van der Waals surface area contributed by atoms with Crippen LogP contribution in [0.5, 0.6) is 11.8 Å². The van der Waals surface area contributed by atoms with E-state index in [0.29, 0.717) is 111 Å². The van der Waals surface area contributed by atoms with Crippen LogP contribution in [0.2, 0.25) is 0 Å². The van der Waals surface area contributed by atoms with Gasteiger partial charge in [-0.1, -0.05) is 48.5 Å². The number of thiophene rings is 2. The Morgan fingerprint density at radius 1 is 0.633 bits per heavy atom. The summed E-state index contributed by atoms with van der Waals surface area (Å²) in [5, 5.41) is 22.9. The summed E-state index contributed by atoms with van der Waals surface area (Å²) >= 11 is 3.12. The second-order valence-electron chi connectivity index (χ2n) is 24.6. The lowest BCUT2D eigenvalue weighted by Gasteiger charge is -2.33. The number of rotatable bonds is 24. The van der Waals surface area contributed by atoms with Gasteiger partial charge in [-0.2, -0.15) is 0 Å². The van der Waals surface area contributed by atoms with Crippen LogP contribution in [-0.2, 0) is 54.8 Å². The van der Waals surface area contributed by atoms with Gasteiger partial charge in [-0.05, 0) is 72.6 Å². The summed E-state index contributed by atoms with van der Waals surface area (Å²) in [5.41, 5.74) is 12.1. The maximum absolute atomic E-state index is 13.1. The molecule has 4 N–H and O–H groups in total. The van der Waals surface area contributed by atoms with Crippen molar-refractivity contribution in [2.24, 2.45) is 0 Å². The molecule has 3 saturated heterocycles. The third kappa shape index (κ3) is 15.1. The molecule has 32 heteroatoms. The average Bonchev–Trinajstić information content (AvgIpc) is 1.70. The highest BCUT2D eigenvalue weighted by Crippen LogP contribution is 2.39. The monoisotopic (exact) mass is 1360 g/mol. The molecule has 1 atom stereocenters. The highest BCUT2D eigenvalue weighted by molar-refractivity contribution is 7.18. The molecule has 0 bridgehead atoms. The average molecular weight is 1370 g/mol. The molecule has 3 fully saturated rings. The normalized spacial score (nSPS) is 15.9. The minimum atomic E-state index is -1.57. The zero-order valence-electron chi connectivity index (χ0n) is 54.8. The van der Waals surface area contributed by atoms with Crippen molar-refractivity contribution in [3.05, 3.63) is 154 Å². The van der Waals surface area contributed by atoms with E-state index in [4.69, 9.17) is 62.9 Å². The van der Waals surface area contributed by atoms with E-state index in [9.17, 15) is 19.6 Å². The number of pyridine rings is 2. The Labute approximate surface area is 572 Å². The fourth-order valence-corrected chi connectivity index (χ4v) is 13.0. The molecule has 28 nitrogen and oxygen atoms in total. The molecule has 10 aromatic rings. The summed E-state index contributed by atoms with van der Waals surface area (Å²) in [6, 6.07) is 21.5. The molecule has 0 spiro atoms. The number of nitrogens with zero attached hydrogens (tertiary/aromatic N) is 14. The van der Waals surface area contributed by atoms with E-state index in [-0.39, 0.29) is 37.1 Å². The minimum absolute atomic E-state index is 0.0607. The Morgan fingerprint density at radius 2 is 1.12 bits per heavy atom. The number of benzene rings is 2. The van der Waals surface area contributed by atoms with Crippen molar-refractivity contribution in [2.45, 2.75) is 71.3 Å². The van der Waals surface area contributed by atoms with Crippen LogP contribution in [0.15, 0.2) is 121 Å². The van der Waals surface area contributed by atoms with Gasteiger partial charge >= 0.3 is 14.2 Å². The summed E-state index contributed by atoms with van der Waals surface area (Å²) in [5.74, 6) is 3.20.